The van der Waals surface area contributed by atoms with Gasteiger partial charge in [0.2, 0.25) is 0 Å². The molecule has 1 aliphatic heterocycles. The zero-order valence-corrected chi connectivity index (χ0v) is 11.1. The maximum absolute atomic E-state index is 11.7. The number of rotatable bonds is 4. The molecule has 2 aromatic rings. The fraction of sp³-hybridized carbons (Fsp3) is 0.462. The topological polar surface area (TPSA) is 81.6 Å². The maximum Gasteiger partial charge on any atom is 0.323 e. The van der Waals surface area contributed by atoms with Crippen LogP contribution in [0, 0.1) is 0 Å². The average molecular weight is 277 g/mol. The lowest BCUT2D eigenvalue weighted by Gasteiger charge is -2.20. The molecule has 20 heavy (non-hydrogen) atoms. The van der Waals surface area contributed by atoms with Crippen molar-refractivity contribution in [1.82, 2.24) is 15.0 Å². The van der Waals surface area contributed by atoms with Gasteiger partial charge in [-0.1, -0.05) is 5.16 Å². The van der Waals surface area contributed by atoms with Crippen molar-refractivity contribution in [3.8, 4) is 11.5 Å². The summed E-state index contributed by atoms with van der Waals surface area (Å²) in [6.45, 7) is 1.30. The minimum absolute atomic E-state index is 0.207. The SMILES string of the molecule is COC(=O)[C@H]1CCCN1Cc1noc(-c2ccoc2)n1. The first-order valence-electron chi connectivity index (χ1n) is 6.45. The summed E-state index contributed by atoms with van der Waals surface area (Å²) in [5, 5.41) is 3.93. The Balaban J connectivity index is 1.70. The molecule has 2 aromatic heterocycles. The molecule has 0 saturated carbocycles. The number of carbonyl (C=O) groups is 1. The second-order valence-electron chi connectivity index (χ2n) is 4.68. The molecule has 7 heteroatoms. The molecule has 0 unspecified atom stereocenters. The number of aromatic nitrogens is 2. The summed E-state index contributed by atoms with van der Waals surface area (Å²) in [5.74, 6) is 0.764. The van der Waals surface area contributed by atoms with E-state index in [4.69, 9.17) is 13.7 Å². The van der Waals surface area contributed by atoms with Crippen LogP contribution >= 0.6 is 0 Å². The van der Waals surface area contributed by atoms with Gasteiger partial charge in [0.1, 0.15) is 12.3 Å². The molecule has 0 amide bonds. The lowest BCUT2D eigenvalue weighted by Crippen LogP contribution is -2.36. The average Bonchev–Trinajstić information content (AvgIpc) is 3.19. The highest BCUT2D eigenvalue weighted by Crippen LogP contribution is 2.22. The van der Waals surface area contributed by atoms with Gasteiger partial charge in [-0.15, -0.1) is 0 Å². The van der Waals surface area contributed by atoms with Gasteiger partial charge in [0, 0.05) is 0 Å². The second kappa shape index (κ2) is 5.46. The van der Waals surface area contributed by atoms with Crippen molar-refractivity contribution in [2.75, 3.05) is 13.7 Å². The number of nitrogens with zero attached hydrogens (tertiary/aromatic N) is 3. The van der Waals surface area contributed by atoms with Crippen molar-refractivity contribution in [2.45, 2.75) is 25.4 Å². The molecule has 1 saturated heterocycles. The number of likely N-dealkylation sites (tertiary alicyclic amines) is 1. The van der Waals surface area contributed by atoms with Gasteiger partial charge in [0.15, 0.2) is 5.82 Å². The molecule has 0 radical (unpaired) electrons. The smallest absolute Gasteiger partial charge is 0.323 e. The normalized spacial score (nSPS) is 19.4. The number of esters is 1. The van der Waals surface area contributed by atoms with Crippen LogP contribution in [0.25, 0.3) is 11.5 Å². The van der Waals surface area contributed by atoms with E-state index in [2.05, 4.69) is 10.1 Å². The molecule has 3 heterocycles. The van der Waals surface area contributed by atoms with E-state index >= 15 is 0 Å². The summed E-state index contributed by atoms with van der Waals surface area (Å²) in [4.78, 5) is 18.0. The predicted octanol–water partition coefficient (Wildman–Crippen LogP) is 1.47. The van der Waals surface area contributed by atoms with Crippen molar-refractivity contribution in [3.05, 3.63) is 24.4 Å². The number of furan rings is 1. The molecule has 0 N–H and O–H groups in total. The van der Waals surface area contributed by atoms with Crippen LogP contribution < -0.4 is 0 Å². The molecule has 3 rings (SSSR count). The molecule has 0 aliphatic carbocycles. The first kappa shape index (κ1) is 12.9. The first-order chi connectivity index (χ1) is 9.78. The van der Waals surface area contributed by atoms with E-state index in [-0.39, 0.29) is 12.0 Å². The Labute approximate surface area is 115 Å². The van der Waals surface area contributed by atoms with Crippen molar-refractivity contribution < 1.29 is 18.5 Å². The van der Waals surface area contributed by atoms with Crippen LogP contribution in [0.3, 0.4) is 0 Å². The van der Waals surface area contributed by atoms with Crippen LogP contribution in [0.1, 0.15) is 18.7 Å². The van der Waals surface area contributed by atoms with E-state index in [1.807, 2.05) is 4.90 Å². The van der Waals surface area contributed by atoms with Gasteiger partial charge in [0.05, 0.1) is 25.5 Å². The second-order valence-corrected chi connectivity index (χ2v) is 4.68. The third kappa shape index (κ3) is 2.44. The van der Waals surface area contributed by atoms with Gasteiger partial charge in [-0.3, -0.25) is 9.69 Å². The molecule has 7 nitrogen and oxygen atoms in total. The lowest BCUT2D eigenvalue weighted by atomic mass is 10.2. The third-order valence-corrected chi connectivity index (χ3v) is 3.42. The molecular weight excluding hydrogens is 262 g/mol. The Bertz CT molecular complexity index is 578. The van der Waals surface area contributed by atoms with Crippen LogP contribution in [0.15, 0.2) is 27.5 Å². The summed E-state index contributed by atoms with van der Waals surface area (Å²) in [6.07, 6.45) is 4.86. The lowest BCUT2D eigenvalue weighted by molar-refractivity contribution is -0.146. The van der Waals surface area contributed by atoms with E-state index in [1.165, 1.54) is 7.11 Å². The first-order valence-corrected chi connectivity index (χ1v) is 6.45. The molecule has 1 aliphatic rings. The minimum atomic E-state index is -0.212. The minimum Gasteiger partial charge on any atom is -0.472 e. The quantitative estimate of drug-likeness (QED) is 0.782. The fourth-order valence-corrected chi connectivity index (χ4v) is 2.42. The zero-order chi connectivity index (χ0) is 13.9. The molecular formula is C13H15N3O4. The summed E-state index contributed by atoms with van der Waals surface area (Å²) < 4.78 is 15.0. The Hall–Kier alpha value is -2.15. The third-order valence-electron chi connectivity index (χ3n) is 3.42. The highest BCUT2D eigenvalue weighted by atomic mass is 16.5. The molecule has 0 bridgehead atoms. The number of hydrogen-bond donors (Lipinski definition) is 0. The van der Waals surface area contributed by atoms with E-state index < -0.39 is 0 Å². The Morgan fingerprint density at radius 1 is 1.60 bits per heavy atom. The highest BCUT2D eigenvalue weighted by Gasteiger charge is 2.32. The molecule has 1 atom stereocenters. The van der Waals surface area contributed by atoms with Crippen LogP contribution in [-0.2, 0) is 16.1 Å². The Kier molecular flexibility index (Phi) is 3.51. The maximum atomic E-state index is 11.7. The zero-order valence-electron chi connectivity index (χ0n) is 11.1. The Morgan fingerprint density at radius 2 is 2.50 bits per heavy atom. The van der Waals surface area contributed by atoms with E-state index in [9.17, 15) is 4.79 Å². The summed E-state index contributed by atoms with van der Waals surface area (Å²) in [5.41, 5.74) is 0.745. The number of hydrogen-bond acceptors (Lipinski definition) is 7. The van der Waals surface area contributed by atoms with E-state index in [0.717, 1.165) is 24.9 Å². The number of ether oxygens (including phenoxy) is 1. The van der Waals surface area contributed by atoms with Crippen molar-refractivity contribution in [2.24, 2.45) is 0 Å². The molecule has 1 fully saturated rings. The van der Waals surface area contributed by atoms with Gasteiger partial charge >= 0.3 is 5.97 Å². The van der Waals surface area contributed by atoms with Gasteiger partial charge < -0.3 is 13.7 Å². The van der Waals surface area contributed by atoms with Gasteiger partial charge in [-0.05, 0) is 25.5 Å². The fourth-order valence-electron chi connectivity index (χ4n) is 2.42. The van der Waals surface area contributed by atoms with Crippen molar-refractivity contribution >= 4 is 5.97 Å². The Morgan fingerprint density at radius 3 is 3.25 bits per heavy atom. The van der Waals surface area contributed by atoms with Gasteiger partial charge in [-0.2, -0.15) is 4.98 Å². The van der Waals surface area contributed by atoms with Crippen LogP contribution in [0.2, 0.25) is 0 Å². The summed E-state index contributed by atoms with van der Waals surface area (Å²) in [7, 11) is 1.41. The van der Waals surface area contributed by atoms with Crippen molar-refractivity contribution in [1.29, 1.82) is 0 Å². The van der Waals surface area contributed by atoms with Gasteiger partial charge in [-0.25, -0.2) is 0 Å². The highest BCUT2D eigenvalue weighted by molar-refractivity contribution is 5.75. The monoisotopic (exact) mass is 277 g/mol. The van der Waals surface area contributed by atoms with E-state index in [0.29, 0.717) is 18.3 Å². The standard InChI is InChI=1S/C13H15N3O4/c1-18-13(17)10-3-2-5-16(10)7-11-14-12(20-15-11)9-4-6-19-8-9/h4,6,8,10H,2-3,5,7H2,1H3/t10-/m1/s1. The molecule has 106 valence electrons. The van der Waals surface area contributed by atoms with Crippen LogP contribution in [0.4, 0.5) is 0 Å². The largest absolute Gasteiger partial charge is 0.472 e. The van der Waals surface area contributed by atoms with Gasteiger partial charge in [0.25, 0.3) is 5.89 Å². The van der Waals surface area contributed by atoms with Crippen LogP contribution in [0.5, 0.6) is 0 Å². The summed E-state index contributed by atoms with van der Waals surface area (Å²) in [6, 6.07) is 1.54. The molecule has 0 spiro atoms. The predicted molar refractivity (Wildman–Crippen MR) is 67.4 cm³/mol. The summed E-state index contributed by atoms with van der Waals surface area (Å²) >= 11 is 0. The molecule has 0 aromatic carbocycles. The number of carbonyl (C=O) groups excluding carboxylic acids is 1. The van der Waals surface area contributed by atoms with Crippen LogP contribution in [-0.4, -0.2) is 40.7 Å². The van der Waals surface area contributed by atoms with E-state index in [1.54, 1.807) is 18.6 Å². The number of methoxy groups -OCH3 is 1. The van der Waals surface area contributed by atoms with Crippen molar-refractivity contribution in [3.63, 3.8) is 0 Å².